The van der Waals surface area contributed by atoms with Gasteiger partial charge in [0, 0.05) is 18.4 Å². The van der Waals surface area contributed by atoms with Gasteiger partial charge in [0.05, 0.1) is 0 Å². The first-order valence-electron chi connectivity index (χ1n) is 5.15. The number of anilines is 1. The Labute approximate surface area is 86.0 Å². The molecule has 0 bridgehead atoms. The summed E-state index contributed by atoms with van der Waals surface area (Å²) < 4.78 is 0. The molecule has 0 saturated heterocycles. The third-order valence-electron chi connectivity index (χ3n) is 2.30. The van der Waals surface area contributed by atoms with Crippen molar-refractivity contribution in [1.82, 2.24) is 9.97 Å². The number of aromatic nitrogens is 2. The van der Waals surface area contributed by atoms with E-state index in [1.165, 1.54) is 0 Å². The fourth-order valence-corrected chi connectivity index (χ4v) is 1.63. The second-order valence-electron chi connectivity index (χ2n) is 4.23. The van der Waals surface area contributed by atoms with E-state index >= 15 is 0 Å². The molecule has 1 N–H and O–H groups in total. The second kappa shape index (κ2) is 4.94. The van der Waals surface area contributed by atoms with Gasteiger partial charge in [-0.05, 0) is 17.9 Å². The summed E-state index contributed by atoms with van der Waals surface area (Å²) >= 11 is 0. The molecule has 0 atom stereocenters. The van der Waals surface area contributed by atoms with Crippen molar-refractivity contribution < 1.29 is 0 Å². The zero-order chi connectivity index (χ0) is 10.6. The standard InChI is InChI=1S/C11H19N3/c1-8(2)10(9(3)4)14-11-12-6-5-7-13-11/h5-10H,1-4H3,(H,12,13,14). The Kier molecular flexibility index (Phi) is 3.86. The summed E-state index contributed by atoms with van der Waals surface area (Å²) in [6, 6.07) is 2.25. The first-order valence-corrected chi connectivity index (χ1v) is 5.15. The molecule has 3 heteroatoms. The van der Waals surface area contributed by atoms with E-state index in [9.17, 15) is 0 Å². The van der Waals surface area contributed by atoms with Gasteiger partial charge in [-0.1, -0.05) is 27.7 Å². The van der Waals surface area contributed by atoms with Gasteiger partial charge in [-0.25, -0.2) is 9.97 Å². The quantitative estimate of drug-likeness (QED) is 0.798. The van der Waals surface area contributed by atoms with Crippen molar-refractivity contribution in [3.63, 3.8) is 0 Å². The molecule has 1 heterocycles. The normalized spacial score (nSPS) is 11.4. The minimum absolute atomic E-state index is 0.428. The molecular formula is C11H19N3. The van der Waals surface area contributed by atoms with Crippen molar-refractivity contribution in [3.05, 3.63) is 18.5 Å². The summed E-state index contributed by atoms with van der Waals surface area (Å²) in [7, 11) is 0. The van der Waals surface area contributed by atoms with Crippen LogP contribution in [0, 0.1) is 11.8 Å². The van der Waals surface area contributed by atoms with Gasteiger partial charge in [0.2, 0.25) is 5.95 Å². The van der Waals surface area contributed by atoms with E-state index in [-0.39, 0.29) is 0 Å². The van der Waals surface area contributed by atoms with Crippen molar-refractivity contribution in [1.29, 1.82) is 0 Å². The molecule has 1 aromatic heterocycles. The predicted molar refractivity (Wildman–Crippen MR) is 59.1 cm³/mol. The van der Waals surface area contributed by atoms with E-state index in [1.807, 2.05) is 6.07 Å². The number of rotatable bonds is 4. The van der Waals surface area contributed by atoms with Crippen LogP contribution in [0.15, 0.2) is 18.5 Å². The van der Waals surface area contributed by atoms with Crippen LogP contribution >= 0.6 is 0 Å². The van der Waals surface area contributed by atoms with E-state index in [0.717, 1.165) is 5.95 Å². The first-order chi connectivity index (χ1) is 6.61. The molecular weight excluding hydrogens is 174 g/mol. The maximum absolute atomic E-state index is 4.16. The predicted octanol–water partition coefficient (Wildman–Crippen LogP) is 2.57. The summed E-state index contributed by atoms with van der Waals surface area (Å²) in [5.41, 5.74) is 0. The van der Waals surface area contributed by atoms with Crippen LogP contribution in [0.1, 0.15) is 27.7 Å². The molecule has 1 aromatic rings. The highest BCUT2D eigenvalue weighted by Crippen LogP contribution is 2.15. The molecule has 0 unspecified atom stereocenters. The summed E-state index contributed by atoms with van der Waals surface area (Å²) in [5, 5.41) is 3.36. The fraction of sp³-hybridized carbons (Fsp3) is 0.636. The van der Waals surface area contributed by atoms with E-state index in [0.29, 0.717) is 17.9 Å². The molecule has 0 aromatic carbocycles. The molecule has 0 amide bonds. The molecule has 0 fully saturated rings. The van der Waals surface area contributed by atoms with Gasteiger partial charge in [-0.2, -0.15) is 0 Å². The third-order valence-corrected chi connectivity index (χ3v) is 2.30. The third kappa shape index (κ3) is 2.98. The largest absolute Gasteiger partial charge is 0.351 e. The van der Waals surface area contributed by atoms with Gasteiger partial charge in [0.1, 0.15) is 0 Å². The van der Waals surface area contributed by atoms with Crippen LogP contribution in [0.25, 0.3) is 0 Å². The molecule has 0 aliphatic heterocycles. The highest BCUT2D eigenvalue weighted by Gasteiger charge is 2.17. The zero-order valence-electron chi connectivity index (χ0n) is 9.36. The number of hydrogen-bond acceptors (Lipinski definition) is 3. The van der Waals surface area contributed by atoms with Crippen LogP contribution in [0.5, 0.6) is 0 Å². The highest BCUT2D eigenvalue weighted by atomic mass is 15.1. The monoisotopic (exact) mass is 193 g/mol. The molecule has 1 rings (SSSR count). The Balaban J connectivity index is 2.65. The maximum atomic E-state index is 4.16. The Hall–Kier alpha value is -1.12. The number of nitrogens with zero attached hydrogens (tertiary/aromatic N) is 2. The molecule has 3 nitrogen and oxygen atoms in total. The smallest absolute Gasteiger partial charge is 0.222 e. The lowest BCUT2D eigenvalue weighted by Crippen LogP contribution is -2.31. The Bertz CT molecular complexity index is 248. The number of nitrogens with one attached hydrogen (secondary N) is 1. The fourth-order valence-electron chi connectivity index (χ4n) is 1.63. The van der Waals surface area contributed by atoms with E-state index in [1.54, 1.807) is 12.4 Å². The first kappa shape index (κ1) is 11.0. The van der Waals surface area contributed by atoms with Crippen molar-refractivity contribution in [3.8, 4) is 0 Å². The summed E-state index contributed by atoms with van der Waals surface area (Å²) in [6.45, 7) is 8.84. The van der Waals surface area contributed by atoms with Crippen LogP contribution in [0.2, 0.25) is 0 Å². The lowest BCUT2D eigenvalue weighted by Gasteiger charge is -2.25. The second-order valence-corrected chi connectivity index (χ2v) is 4.23. The van der Waals surface area contributed by atoms with E-state index in [2.05, 4.69) is 43.0 Å². The lowest BCUT2D eigenvalue weighted by molar-refractivity contribution is 0.411. The molecule has 0 spiro atoms. The van der Waals surface area contributed by atoms with Crippen LogP contribution in [-0.2, 0) is 0 Å². The minimum Gasteiger partial charge on any atom is -0.351 e. The van der Waals surface area contributed by atoms with Crippen LogP contribution in [0.3, 0.4) is 0 Å². The topological polar surface area (TPSA) is 37.8 Å². The maximum Gasteiger partial charge on any atom is 0.222 e. The van der Waals surface area contributed by atoms with Crippen LogP contribution in [-0.4, -0.2) is 16.0 Å². The van der Waals surface area contributed by atoms with Crippen LogP contribution < -0.4 is 5.32 Å². The molecule has 78 valence electrons. The van der Waals surface area contributed by atoms with Gasteiger partial charge in [-0.3, -0.25) is 0 Å². The Morgan fingerprint density at radius 3 is 1.93 bits per heavy atom. The van der Waals surface area contributed by atoms with E-state index in [4.69, 9.17) is 0 Å². The SMILES string of the molecule is CC(C)C(Nc1ncccn1)C(C)C. The Morgan fingerprint density at radius 1 is 1.00 bits per heavy atom. The average Bonchev–Trinajstić information content (AvgIpc) is 2.15. The highest BCUT2D eigenvalue weighted by molar-refractivity contribution is 5.24. The summed E-state index contributed by atoms with van der Waals surface area (Å²) in [6.07, 6.45) is 3.51. The van der Waals surface area contributed by atoms with Crippen LogP contribution in [0.4, 0.5) is 5.95 Å². The molecule has 14 heavy (non-hydrogen) atoms. The van der Waals surface area contributed by atoms with Crippen molar-refractivity contribution in [2.45, 2.75) is 33.7 Å². The van der Waals surface area contributed by atoms with Gasteiger partial charge < -0.3 is 5.32 Å². The molecule has 0 saturated carbocycles. The van der Waals surface area contributed by atoms with E-state index < -0.39 is 0 Å². The van der Waals surface area contributed by atoms with Crippen molar-refractivity contribution in [2.24, 2.45) is 11.8 Å². The lowest BCUT2D eigenvalue weighted by atomic mass is 9.93. The number of hydrogen-bond donors (Lipinski definition) is 1. The molecule has 0 aliphatic carbocycles. The Morgan fingerprint density at radius 2 is 1.50 bits per heavy atom. The zero-order valence-corrected chi connectivity index (χ0v) is 9.36. The van der Waals surface area contributed by atoms with Gasteiger partial charge >= 0.3 is 0 Å². The van der Waals surface area contributed by atoms with Crippen molar-refractivity contribution in [2.75, 3.05) is 5.32 Å². The molecule has 0 aliphatic rings. The van der Waals surface area contributed by atoms with Gasteiger partial charge in [0.15, 0.2) is 0 Å². The summed E-state index contributed by atoms with van der Waals surface area (Å²) in [4.78, 5) is 8.32. The van der Waals surface area contributed by atoms with Gasteiger partial charge in [-0.15, -0.1) is 0 Å². The summed E-state index contributed by atoms with van der Waals surface area (Å²) in [5.74, 6) is 1.89. The van der Waals surface area contributed by atoms with Crippen molar-refractivity contribution >= 4 is 5.95 Å². The van der Waals surface area contributed by atoms with Gasteiger partial charge in [0.25, 0.3) is 0 Å². The minimum atomic E-state index is 0.428. The average molecular weight is 193 g/mol. The molecule has 0 radical (unpaired) electrons.